The number of rotatable bonds is 8. The highest BCUT2D eigenvalue weighted by Crippen LogP contribution is 2.43. The molecule has 0 aliphatic carbocycles. The standard InChI is InChI=1S/C30H25N2O6PS/c31-21-4-1-6-25(18-21)37-23-10-14-27(15-11-23)39(33,29-8-3-9-30(20-29)40(34,35)36)28-16-12-24(13-17-28)38-26-7-2-5-22(32)19-26/h1-20H,31-32H2,(H,34,35,36). The van der Waals surface area contributed by atoms with E-state index in [1.807, 2.05) is 0 Å². The van der Waals surface area contributed by atoms with Crippen LogP contribution in [0, 0.1) is 0 Å². The Morgan fingerprint density at radius 1 is 0.550 bits per heavy atom. The molecule has 10 heteroatoms. The lowest BCUT2D eigenvalue weighted by Gasteiger charge is -2.21. The fourth-order valence-corrected chi connectivity index (χ4v) is 7.43. The summed E-state index contributed by atoms with van der Waals surface area (Å²) in [7, 11) is -8.14. The van der Waals surface area contributed by atoms with Crippen LogP contribution in [-0.4, -0.2) is 13.0 Å². The molecule has 0 aliphatic rings. The second kappa shape index (κ2) is 10.9. The summed E-state index contributed by atoms with van der Waals surface area (Å²) in [4.78, 5) is -0.353. The minimum Gasteiger partial charge on any atom is -0.457 e. The van der Waals surface area contributed by atoms with Gasteiger partial charge in [-0.25, -0.2) is 0 Å². The van der Waals surface area contributed by atoms with Gasteiger partial charge < -0.3 is 25.5 Å². The molecule has 0 unspecified atom stereocenters. The van der Waals surface area contributed by atoms with E-state index in [1.54, 1.807) is 103 Å². The zero-order valence-electron chi connectivity index (χ0n) is 21.0. The topological polar surface area (TPSA) is 142 Å². The third-order valence-electron chi connectivity index (χ3n) is 6.07. The molecule has 5 rings (SSSR count). The van der Waals surface area contributed by atoms with Crippen molar-refractivity contribution < 1.29 is 27.0 Å². The van der Waals surface area contributed by atoms with Gasteiger partial charge in [0.2, 0.25) is 0 Å². The van der Waals surface area contributed by atoms with Crippen LogP contribution in [-0.2, 0) is 14.7 Å². The predicted molar refractivity (Wildman–Crippen MR) is 158 cm³/mol. The van der Waals surface area contributed by atoms with E-state index < -0.39 is 17.3 Å². The van der Waals surface area contributed by atoms with Crippen LogP contribution < -0.4 is 36.9 Å². The lowest BCUT2D eigenvalue weighted by molar-refractivity contribution is 0.482. The van der Waals surface area contributed by atoms with E-state index in [2.05, 4.69) is 0 Å². The van der Waals surface area contributed by atoms with E-state index in [1.165, 1.54) is 18.2 Å². The minimum absolute atomic E-state index is 0.233. The summed E-state index contributed by atoms with van der Waals surface area (Å²) < 4.78 is 60.1. The fraction of sp³-hybridized carbons (Fsp3) is 0. The smallest absolute Gasteiger partial charge is 0.294 e. The molecule has 0 saturated carbocycles. The number of benzene rings is 5. The van der Waals surface area contributed by atoms with Crippen molar-refractivity contribution in [3.63, 3.8) is 0 Å². The summed E-state index contributed by atoms with van der Waals surface area (Å²) in [5.74, 6) is 2.09. The molecule has 5 aromatic rings. The van der Waals surface area contributed by atoms with E-state index in [0.717, 1.165) is 0 Å². The molecule has 0 saturated heterocycles. The first-order valence-electron chi connectivity index (χ1n) is 12.1. The number of ether oxygens (including phenoxy) is 2. The number of hydrogen-bond acceptors (Lipinski definition) is 7. The van der Waals surface area contributed by atoms with Crippen LogP contribution >= 0.6 is 7.14 Å². The Bertz CT molecular complexity index is 1730. The number of hydrogen-bond donors (Lipinski definition) is 3. The summed E-state index contributed by atoms with van der Waals surface area (Å²) >= 11 is 0. The third-order valence-corrected chi connectivity index (χ3v) is 9.97. The summed E-state index contributed by atoms with van der Waals surface area (Å²) in [5, 5.41) is 1.10. The molecule has 5 N–H and O–H groups in total. The Labute approximate surface area is 231 Å². The van der Waals surface area contributed by atoms with Crippen molar-refractivity contribution in [1.29, 1.82) is 0 Å². The summed E-state index contributed by atoms with van der Waals surface area (Å²) in [6, 6.07) is 32.8. The van der Waals surface area contributed by atoms with E-state index in [-0.39, 0.29) is 10.2 Å². The Morgan fingerprint density at radius 2 is 1.00 bits per heavy atom. The summed E-state index contributed by atoms with van der Waals surface area (Å²) in [6.07, 6.45) is 0. The number of nitrogen functional groups attached to an aromatic ring is 2. The quantitative estimate of drug-likeness (QED) is 0.129. The monoisotopic (exact) mass is 572 g/mol. The van der Waals surface area contributed by atoms with Crippen molar-refractivity contribution in [2.45, 2.75) is 4.90 Å². The van der Waals surface area contributed by atoms with E-state index in [9.17, 15) is 17.5 Å². The SMILES string of the molecule is Nc1cccc(Oc2ccc(P(=O)(c3ccc(Oc4cccc(N)c4)cc3)c3cccc(S(=O)(=O)O)c3)cc2)c1. The van der Waals surface area contributed by atoms with Crippen molar-refractivity contribution in [1.82, 2.24) is 0 Å². The molecule has 0 aliphatic heterocycles. The van der Waals surface area contributed by atoms with Crippen molar-refractivity contribution in [3.8, 4) is 23.0 Å². The molecule has 40 heavy (non-hydrogen) atoms. The van der Waals surface area contributed by atoms with E-state index in [4.69, 9.17) is 20.9 Å². The van der Waals surface area contributed by atoms with Crippen LogP contribution in [0.5, 0.6) is 23.0 Å². The first-order valence-corrected chi connectivity index (χ1v) is 15.2. The molecule has 0 atom stereocenters. The van der Waals surface area contributed by atoms with Gasteiger partial charge in [-0.1, -0.05) is 24.3 Å². The average Bonchev–Trinajstić information content (AvgIpc) is 2.93. The van der Waals surface area contributed by atoms with Gasteiger partial charge in [0.25, 0.3) is 10.1 Å². The summed E-state index contributed by atoms with van der Waals surface area (Å²) in [5.41, 5.74) is 12.8. The van der Waals surface area contributed by atoms with Gasteiger partial charge in [0.05, 0.1) is 4.90 Å². The molecule has 0 bridgehead atoms. The molecular formula is C30H25N2O6PS. The van der Waals surface area contributed by atoms with Gasteiger partial charge in [0.15, 0.2) is 7.14 Å². The average molecular weight is 573 g/mol. The van der Waals surface area contributed by atoms with E-state index in [0.29, 0.717) is 45.0 Å². The van der Waals surface area contributed by atoms with Crippen molar-refractivity contribution in [2.75, 3.05) is 11.5 Å². The van der Waals surface area contributed by atoms with Gasteiger partial charge in [0, 0.05) is 39.4 Å². The van der Waals surface area contributed by atoms with Crippen molar-refractivity contribution in [2.24, 2.45) is 0 Å². The van der Waals surface area contributed by atoms with Gasteiger partial charge >= 0.3 is 0 Å². The Morgan fingerprint density at radius 3 is 1.43 bits per heavy atom. The van der Waals surface area contributed by atoms with E-state index >= 15 is 0 Å². The summed E-state index contributed by atoms with van der Waals surface area (Å²) in [6.45, 7) is 0. The Hall–Kier alpha value is -4.56. The first kappa shape index (κ1) is 27.0. The molecule has 0 spiro atoms. The second-order valence-corrected chi connectivity index (χ2v) is 13.1. The van der Waals surface area contributed by atoms with Crippen LogP contribution in [0.3, 0.4) is 0 Å². The Balaban J connectivity index is 1.54. The highest BCUT2D eigenvalue weighted by Gasteiger charge is 2.31. The highest BCUT2D eigenvalue weighted by atomic mass is 32.2. The van der Waals surface area contributed by atoms with Crippen LogP contribution in [0.15, 0.2) is 126 Å². The molecule has 0 radical (unpaired) electrons. The van der Waals surface area contributed by atoms with Gasteiger partial charge in [-0.3, -0.25) is 4.55 Å². The molecule has 202 valence electrons. The number of anilines is 2. The Kier molecular flexibility index (Phi) is 7.36. The maximum Gasteiger partial charge on any atom is 0.294 e. The van der Waals surface area contributed by atoms with Gasteiger partial charge in [-0.15, -0.1) is 0 Å². The highest BCUT2D eigenvalue weighted by molar-refractivity contribution is 7.86. The lowest BCUT2D eigenvalue weighted by Crippen LogP contribution is -2.25. The van der Waals surface area contributed by atoms with Gasteiger partial charge in [0.1, 0.15) is 23.0 Å². The molecule has 0 fully saturated rings. The van der Waals surface area contributed by atoms with Crippen LogP contribution in [0.25, 0.3) is 0 Å². The molecule has 0 heterocycles. The molecule has 0 amide bonds. The van der Waals surface area contributed by atoms with Crippen LogP contribution in [0.4, 0.5) is 11.4 Å². The van der Waals surface area contributed by atoms with Gasteiger partial charge in [-0.05, 0) is 84.9 Å². The van der Waals surface area contributed by atoms with Crippen molar-refractivity contribution in [3.05, 3.63) is 121 Å². The fourth-order valence-electron chi connectivity index (χ4n) is 4.16. The lowest BCUT2D eigenvalue weighted by atomic mass is 10.3. The second-order valence-electron chi connectivity index (χ2n) is 8.92. The first-order chi connectivity index (χ1) is 19.1. The predicted octanol–water partition coefficient (Wildman–Crippen LogP) is 5.32. The van der Waals surface area contributed by atoms with Crippen LogP contribution in [0.2, 0.25) is 0 Å². The molecule has 0 aromatic heterocycles. The molecule has 5 aromatic carbocycles. The normalized spacial score (nSPS) is 11.6. The minimum atomic E-state index is -4.52. The maximum atomic E-state index is 14.9. The molecule has 8 nitrogen and oxygen atoms in total. The zero-order chi connectivity index (χ0) is 28.3. The third kappa shape index (κ3) is 5.87. The van der Waals surface area contributed by atoms with Crippen LogP contribution in [0.1, 0.15) is 0 Å². The number of nitrogens with two attached hydrogens (primary N) is 2. The van der Waals surface area contributed by atoms with Gasteiger partial charge in [-0.2, -0.15) is 8.42 Å². The van der Waals surface area contributed by atoms with Crippen molar-refractivity contribution >= 4 is 44.5 Å². The zero-order valence-corrected chi connectivity index (χ0v) is 22.8. The maximum absolute atomic E-state index is 14.9. The largest absolute Gasteiger partial charge is 0.457 e. The molecular weight excluding hydrogens is 547 g/mol.